The predicted octanol–water partition coefficient (Wildman–Crippen LogP) is 3.58. The standard InChI is InChI=1S/C22H32O5/c1-2-3-4-5-6-7-8-9-10-11-17(23)12-13-18-19(14-15-22(26)27)21(25)16-20(18)24/h3-4,6-7,9-10,12-13,17-20,23-24H,2,5,8,11,14-16H2,1H3,(H,26,27)/b4-3-,7-6+,10-9-,13-12+/t17-,18-,19+,20+/m1/s1. The van der Waals surface area contributed by atoms with Gasteiger partial charge >= 0.3 is 5.97 Å². The number of Topliss-reactive ketones (excluding diaryl/α,β-unsaturated/α-hetero) is 1. The van der Waals surface area contributed by atoms with Crippen LogP contribution in [-0.4, -0.2) is 39.3 Å². The molecule has 0 unspecified atom stereocenters. The van der Waals surface area contributed by atoms with E-state index in [9.17, 15) is 19.8 Å². The number of aliphatic hydroxyl groups is 2. The van der Waals surface area contributed by atoms with Crippen molar-refractivity contribution >= 4 is 11.8 Å². The molecule has 1 fully saturated rings. The van der Waals surface area contributed by atoms with Crippen LogP contribution in [0.2, 0.25) is 0 Å². The van der Waals surface area contributed by atoms with Gasteiger partial charge in [-0.05, 0) is 32.1 Å². The molecule has 3 N–H and O–H groups in total. The maximum atomic E-state index is 11.9. The number of carboxylic acids is 1. The molecule has 0 bridgehead atoms. The molecule has 1 aliphatic carbocycles. The summed E-state index contributed by atoms with van der Waals surface area (Å²) in [5, 5.41) is 28.9. The summed E-state index contributed by atoms with van der Waals surface area (Å²) in [6.45, 7) is 2.10. The third-order valence-electron chi connectivity index (χ3n) is 4.62. The Morgan fingerprint density at radius 2 is 1.78 bits per heavy atom. The molecule has 0 amide bonds. The van der Waals surface area contributed by atoms with E-state index in [1.165, 1.54) is 0 Å². The van der Waals surface area contributed by atoms with E-state index < -0.39 is 30.0 Å². The first-order valence-corrected chi connectivity index (χ1v) is 9.69. The molecule has 0 spiro atoms. The average Bonchev–Trinajstić information content (AvgIpc) is 2.89. The van der Waals surface area contributed by atoms with Crippen LogP contribution >= 0.6 is 0 Å². The number of aliphatic carboxylic acids is 1. The zero-order chi connectivity index (χ0) is 20.1. The molecule has 1 rings (SSSR count). The normalized spacial score (nSPS) is 24.9. The van der Waals surface area contributed by atoms with E-state index in [2.05, 4.69) is 31.2 Å². The number of carbonyl (C=O) groups is 2. The maximum absolute atomic E-state index is 11.9. The smallest absolute Gasteiger partial charge is 0.303 e. The lowest BCUT2D eigenvalue weighted by molar-refractivity contribution is -0.137. The topological polar surface area (TPSA) is 94.8 Å². The van der Waals surface area contributed by atoms with E-state index in [-0.39, 0.29) is 25.0 Å². The fourth-order valence-electron chi connectivity index (χ4n) is 3.15. The van der Waals surface area contributed by atoms with Crippen LogP contribution in [0.15, 0.2) is 48.6 Å². The van der Waals surface area contributed by atoms with Crippen molar-refractivity contribution in [2.45, 2.75) is 64.1 Å². The Morgan fingerprint density at radius 3 is 2.41 bits per heavy atom. The van der Waals surface area contributed by atoms with Gasteiger partial charge in [-0.1, -0.05) is 55.5 Å². The summed E-state index contributed by atoms with van der Waals surface area (Å²) >= 11 is 0. The highest BCUT2D eigenvalue weighted by Crippen LogP contribution is 2.33. The molecule has 27 heavy (non-hydrogen) atoms. The van der Waals surface area contributed by atoms with Gasteiger partial charge in [-0.15, -0.1) is 0 Å². The third kappa shape index (κ3) is 9.50. The molecule has 0 saturated heterocycles. The van der Waals surface area contributed by atoms with Gasteiger partial charge in [0.2, 0.25) is 0 Å². The van der Waals surface area contributed by atoms with Crippen molar-refractivity contribution in [3.05, 3.63) is 48.6 Å². The molecule has 0 aromatic rings. The monoisotopic (exact) mass is 376 g/mol. The lowest BCUT2D eigenvalue weighted by Crippen LogP contribution is -2.20. The molecule has 0 aliphatic heterocycles. The van der Waals surface area contributed by atoms with Gasteiger partial charge in [0.1, 0.15) is 5.78 Å². The molecule has 0 heterocycles. The average molecular weight is 376 g/mol. The van der Waals surface area contributed by atoms with Crippen molar-refractivity contribution in [3.63, 3.8) is 0 Å². The Balaban J connectivity index is 2.40. The number of hydrogen-bond donors (Lipinski definition) is 3. The Kier molecular flexibility index (Phi) is 11.3. The van der Waals surface area contributed by atoms with Crippen molar-refractivity contribution in [1.82, 2.24) is 0 Å². The highest BCUT2D eigenvalue weighted by molar-refractivity contribution is 5.85. The highest BCUT2D eigenvalue weighted by atomic mass is 16.4. The van der Waals surface area contributed by atoms with Crippen LogP contribution < -0.4 is 0 Å². The SMILES string of the molecule is CC/C=C\C/C=C/C/C=C\C[C@@H](O)/C=C/[C@@H]1[C@H](CCC(=O)O)C(=O)C[C@@H]1O. The van der Waals surface area contributed by atoms with Crippen LogP contribution in [0.4, 0.5) is 0 Å². The van der Waals surface area contributed by atoms with Gasteiger partial charge in [0, 0.05) is 24.7 Å². The molecule has 0 aromatic carbocycles. The second-order valence-corrected chi connectivity index (χ2v) is 6.84. The Morgan fingerprint density at radius 1 is 1.15 bits per heavy atom. The molecule has 150 valence electrons. The molecule has 5 heteroatoms. The van der Waals surface area contributed by atoms with Crippen LogP contribution in [0.5, 0.6) is 0 Å². The summed E-state index contributed by atoms with van der Waals surface area (Å²) in [6.07, 6.45) is 17.5. The van der Waals surface area contributed by atoms with Crippen LogP contribution in [0, 0.1) is 11.8 Å². The minimum atomic E-state index is -0.951. The van der Waals surface area contributed by atoms with Crippen molar-refractivity contribution < 1.29 is 24.9 Å². The van der Waals surface area contributed by atoms with E-state index in [0.29, 0.717) is 6.42 Å². The van der Waals surface area contributed by atoms with Crippen molar-refractivity contribution in [1.29, 1.82) is 0 Å². The van der Waals surface area contributed by atoms with E-state index in [0.717, 1.165) is 19.3 Å². The quantitative estimate of drug-likeness (QED) is 0.453. The summed E-state index contributed by atoms with van der Waals surface area (Å²) < 4.78 is 0. The van der Waals surface area contributed by atoms with Gasteiger partial charge in [0.25, 0.3) is 0 Å². The van der Waals surface area contributed by atoms with Gasteiger partial charge in [-0.3, -0.25) is 9.59 Å². The van der Waals surface area contributed by atoms with Crippen molar-refractivity contribution in [3.8, 4) is 0 Å². The fraction of sp³-hybridized carbons (Fsp3) is 0.545. The van der Waals surface area contributed by atoms with Crippen LogP contribution in [0.25, 0.3) is 0 Å². The third-order valence-corrected chi connectivity index (χ3v) is 4.62. The number of ketones is 1. The summed E-state index contributed by atoms with van der Waals surface area (Å²) in [6, 6.07) is 0. The maximum Gasteiger partial charge on any atom is 0.303 e. The molecule has 1 saturated carbocycles. The second kappa shape index (κ2) is 13.2. The number of carboxylic acid groups (broad SMARTS) is 1. The molecule has 5 nitrogen and oxygen atoms in total. The zero-order valence-electron chi connectivity index (χ0n) is 16.0. The molecule has 0 radical (unpaired) electrons. The van der Waals surface area contributed by atoms with Gasteiger partial charge in [-0.25, -0.2) is 0 Å². The lowest BCUT2D eigenvalue weighted by Gasteiger charge is -2.17. The van der Waals surface area contributed by atoms with Gasteiger partial charge in [0.15, 0.2) is 0 Å². The van der Waals surface area contributed by atoms with Crippen LogP contribution in [0.3, 0.4) is 0 Å². The molecule has 0 aromatic heterocycles. The number of carbonyl (C=O) groups excluding carboxylic acids is 1. The number of aliphatic hydroxyl groups excluding tert-OH is 2. The van der Waals surface area contributed by atoms with Gasteiger partial charge < -0.3 is 15.3 Å². The first-order chi connectivity index (χ1) is 13.0. The molecule has 1 aliphatic rings. The fourth-order valence-corrected chi connectivity index (χ4v) is 3.15. The van der Waals surface area contributed by atoms with E-state index >= 15 is 0 Å². The van der Waals surface area contributed by atoms with Crippen LogP contribution in [-0.2, 0) is 9.59 Å². The Hall–Kier alpha value is -1.98. The zero-order valence-corrected chi connectivity index (χ0v) is 16.0. The minimum Gasteiger partial charge on any atom is -0.481 e. The van der Waals surface area contributed by atoms with Crippen LogP contribution in [0.1, 0.15) is 51.9 Å². The first kappa shape index (κ1) is 23.1. The summed E-state index contributed by atoms with van der Waals surface area (Å²) in [5.41, 5.74) is 0. The lowest BCUT2D eigenvalue weighted by atomic mass is 9.89. The number of rotatable bonds is 12. The van der Waals surface area contributed by atoms with Gasteiger partial charge in [0.05, 0.1) is 12.2 Å². The largest absolute Gasteiger partial charge is 0.481 e. The first-order valence-electron chi connectivity index (χ1n) is 9.69. The summed E-state index contributed by atoms with van der Waals surface area (Å²) in [5.74, 6) is -1.96. The predicted molar refractivity (Wildman–Crippen MR) is 106 cm³/mol. The summed E-state index contributed by atoms with van der Waals surface area (Å²) in [4.78, 5) is 22.7. The van der Waals surface area contributed by atoms with Crippen molar-refractivity contribution in [2.24, 2.45) is 11.8 Å². The van der Waals surface area contributed by atoms with E-state index in [4.69, 9.17) is 5.11 Å². The van der Waals surface area contributed by atoms with E-state index in [1.807, 2.05) is 12.2 Å². The number of allylic oxidation sites excluding steroid dienone is 5. The minimum absolute atomic E-state index is 0.0507. The molecule has 4 atom stereocenters. The van der Waals surface area contributed by atoms with Gasteiger partial charge in [-0.2, -0.15) is 0 Å². The highest BCUT2D eigenvalue weighted by Gasteiger charge is 2.39. The second-order valence-electron chi connectivity index (χ2n) is 6.84. The number of hydrogen-bond acceptors (Lipinski definition) is 4. The Bertz CT molecular complexity index is 573. The van der Waals surface area contributed by atoms with E-state index in [1.54, 1.807) is 12.2 Å². The summed E-state index contributed by atoms with van der Waals surface area (Å²) in [7, 11) is 0. The molecular formula is C22H32O5. The Labute approximate surface area is 161 Å². The van der Waals surface area contributed by atoms with Crippen molar-refractivity contribution in [2.75, 3.05) is 0 Å². The molecular weight excluding hydrogens is 344 g/mol.